The SMILES string of the molecule is C=CCOc1ccccc1CN=C(NCC)NCc1ncc(C(C)(C)C)o1.I. The maximum absolute atomic E-state index is 5.82. The maximum atomic E-state index is 5.82. The average Bonchev–Trinajstić information content (AvgIpc) is 3.12. The molecular weight excluding hydrogens is 467 g/mol. The van der Waals surface area contributed by atoms with Gasteiger partial charge in [0.05, 0.1) is 19.3 Å². The van der Waals surface area contributed by atoms with Gasteiger partial charge in [-0.25, -0.2) is 9.98 Å². The molecule has 0 fully saturated rings. The van der Waals surface area contributed by atoms with Crippen molar-refractivity contribution in [2.45, 2.75) is 46.2 Å². The van der Waals surface area contributed by atoms with Crippen LogP contribution in [0.1, 0.15) is 44.9 Å². The number of aromatic nitrogens is 1. The summed E-state index contributed by atoms with van der Waals surface area (Å²) in [7, 11) is 0. The topological polar surface area (TPSA) is 71.7 Å². The first-order valence-electron chi connectivity index (χ1n) is 9.23. The Morgan fingerprint density at radius 1 is 1.29 bits per heavy atom. The lowest BCUT2D eigenvalue weighted by Gasteiger charge is -2.13. The van der Waals surface area contributed by atoms with E-state index in [4.69, 9.17) is 9.15 Å². The van der Waals surface area contributed by atoms with Crippen molar-refractivity contribution in [2.24, 2.45) is 4.99 Å². The molecule has 1 aromatic carbocycles. The smallest absolute Gasteiger partial charge is 0.213 e. The van der Waals surface area contributed by atoms with E-state index in [1.54, 1.807) is 12.3 Å². The third-order valence-corrected chi connectivity index (χ3v) is 3.78. The molecule has 0 aliphatic carbocycles. The number of ether oxygens (including phenoxy) is 1. The number of benzene rings is 1. The van der Waals surface area contributed by atoms with Gasteiger partial charge < -0.3 is 19.8 Å². The summed E-state index contributed by atoms with van der Waals surface area (Å²) in [5.74, 6) is 3.03. The Kier molecular flexibility index (Phi) is 10.1. The standard InChI is InChI=1S/C21H30N4O2.HI/c1-6-12-26-17-11-9-8-10-16(17)13-24-20(22-7-2)25-15-19-23-14-18(27-19)21(3,4)5;/h6,8-11,14H,1,7,12-13,15H2,2-5H3,(H2,22,24,25);1H. The fraction of sp³-hybridized carbons (Fsp3) is 0.429. The average molecular weight is 498 g/mol. The first kappa shape index (κ1) is 24.0. The van der Waals surface area contributed by atoms with Gasteiger partial charge in [-0.3, -0.25) is 0 Å². The third-order valence-electron chi connectivity index (χ3n) is 3.78. The molecule has 0 radical (unpaired) electrons. The zero-order chi connectivity index (χ0) is 19.7. The summed E-state index contributed by atoms with van der Waals surface area (Å²) in [4.78, 5) is 8.98. The molecule has 28 heavy (non-hydrogen) atoms. The zero-order valence-electron chi connectivity index (χ0n) is 17.1. The van der Waals surface area contributed by atoms with Gasteiger partial charge in [0, 0.05) is 17.5 Å². The summed E-state index contributed by atoms with van der Waals surface area (Å²) in [6.07, 6.45) is 3.52. The molecule has 0 amide bonds. The number of rotatable bonds is 8. The van der Waals surface area contributed by atoms with E-state index in [1.165, 1.54) is 0 Å². The Balaban J connectivity index is 0.00000392. The molecule has 1 aromatic heterocycles. The Morgan fingerprint density at radius 2 is 2.04 bits per heavy atom. The van der Waals surface area contributed by atoms with Crippen molar-refractivity contribution in [3.8, 4) is 5.75 Å². The van der Waals surface area contributed by atoms with Crippen LogP contribution in [0.2, 0.25) is 0 Å². The zero-order valence-corrected chi connectivity index (χ0v) is 19.4. The normalized spacial score (nSPS) is 11.5. The Morgan fingerprint density at radius 3 is 2.68 bits per heavy atom. The molecule has 0 atom stereocenters. The van der Waals surface area contributed by atoms with Gasteiger partial charge in [0.2, 0.25) is 5.89 Å². The van der Waals surface area contributed by atoms with Gasteiger partial charge in [0.15, 0.2) is 5.96 Å². The van der Waals surface area contributed by atoms with Gasteiger partial charge in [0.1, 0.15) is 18.1 Å². The second-order valence-corrected chi connectivity index (χ2v) is 7.12. The fourth-order valence-electron chi connectivity index (χ4n) is 2.33. The molecule has 0 bridgehead atoms. The molecule has 1 heterocycles. The van der Waals surface area contributed by atoms with Crippen molar-refractivity contribution in [3.05, 3.63) is 60.3 Å². The fourth-order valence-corrected chi connectivity index (χ4v) is 2.33. The van der Waals surface area contributed by atoms with Crippen molar-refractivity contribution in [1.29, 1.82) is 0 Å². The number of para-hydroxylation sites is 1. The quantitative estimate of drug-likeness (QED) is 0.244. The second-order valence-electron chi connectivity index (χ2n) is 7.12. The number of oxazole rings is 1. The summed E-state index contributed by atoms with van der Waals surface area (Å²) in [6, 6.07) is 7.88. The first-order chi connectivity index (χ1) is 12.9. The van der Waals surface area contributed by atoms with Gasteiger partial charge in [-0.2, -0.15) is 0 Å². The van der Waals surface area contributed by atoms with Crippen LogP contribution in [0, 0.1) is 0 Å². The third kappa shape index (κ3) is 7.53. The van der Waals surface area contributed by atoms with Gasteiger partial charge in [-0.05, 0) is 13.0 Å². The molecule has 0 spiro atoms. The highest BCUT2D eigenvalue weighted by molar-refractivity contribution is 14.0. The highest BCUT2D eigenvalue weighted by Gasteiger charge is 2.19. The van der Waals surface area contributed by atoms with Gasteiger partial charge in [-0.15, -0.1) is 24.0 Å². The van der Waals surface area contributed by atoms with Crippen LogP contribution in [0.4, 0.5) is 0 Å². The van der Waals surface area contributed by atoms with Crippen LogP contribution < -0.4 is 15.4 Å². The maximum Gasteiger partial charge on any atom is 0.213 e. The molecule has 7 heteroatoms. The summed E-state index contributed by atoms with van der Waals surface area (Å²) in [6.45, 7) is 14.2. The predicted octanol–water partition coefficient (Wildman–Crippen LogP) is 4.41. The molecule has 0 saturated heterocycles. The van der Waals surface area contributed by atoms with Crippen LogP contribution in [-0.4, -0.2) is 24.1 Å². The van der Waals surface area contributed by atoms with Crippen molar-refractivity contribution in [2.75, 3.05) is 13.2 Å². The van der Waals surface area contributed by atoms with E-state index in [0.717, 1.165) is 23.6 Å². The van der Waals surface area contributed by atoms with Gasteiger partial charge in [0.25, 0.3) is 0 Å². The van der Waals surface area contributed by atoms with Crippen molar-refractivity contribution < 1.29 is 9.15 Å². The monoisotopic (exact) mass is 498 g/mol. The number of hydrogen-bond donors (Lipinski definition) is 2. The highest BCUT2D eigenvalue weighted by Crippen LogP contribution is 2.22. The summed E-state index contributed by atoms with van der Waals surface area (Å²) < 4.78 is 11.5. The molecule has 0 unspecified atom stereocenters. The van der Waals surface area contributed by atoms with Crippen molar-refractivity contribution in [3.63, 3.8) is 0 Å². The number of hydrogen-bond acceptors (Lipinski definition) is 4. The largest absolute Gasteiger partial charge is 0.489 e. The minimum absolute atomic E-state index is 0. The summed E-state index contributed by atoms with van der Waals surface area (Å²) in [5.41, 5.74) is 0.960. The van der Waals surface area contributed by atoms with E-state index >= 15 is 0 Å². The van der Waals surface area contributed by atoms with Crippen molar-refractivity contribution in [1.82, 2.24) is 15.6 Å². The molecule has 2 aromatic rings. The van der Waals surface area contributed by atoms with E-state index in [0.29, 0.717) is 31.5 Å². The molecule has 154 valence electrons. The number of nitrogens with zero attached hydrogens (tertiary/aromatic N) is 2. The van der Waals surface area contributed by atoms with Crippen LogP contribution in [0.5, 0.6) is 5.75 Å². The van der Waals surface area contributed by atoms with Crippen LogP contribution in [0.15, 0.2) is 52.5 Å². The number of aliphatic imine (C=N–C) groups is 1. The Labute approximate surface area is 184 Å². The van der Waals surface area contributed by atoms with E-state index in [1.807, 2.05) is 31.2 Å². The number of guanidine groups is 1. The molecule has 6 nitrogen and oxygen atoms in total. The van der Waals surface area contributed by atoms with E-state index in [9.17, 15) is 0 Å². The molecular formula is C21H31IN4O2. The summed E-state index contributed by atoms with van der Waals surface area (Å²) in [5, 5.41) is 6.50. The van der Waals surface area contributed by atoms with E-state index in [-0.39, 0.29) is 29.4 Å². The molecule has 2 N–H and O–H groups in total. The van der Waals surface area contributed by atoms with Crippen LogP contribution >= 0.6 is 24.0 Å². The Bertz CT molecular complexity index is 766. The molecule has 0 aliphatic rings. The lowest BCUT2D eigenvalue weighted by atomic mass is 9.94. The number of nitrogens with one attached hydrogen (secondary N) is 2. The highest BCUT2D eigenvalue weighted by atomic mass is 127. The summed E-state index contributed by atoms with van der Waals surface area (Å²) >= 11 is 0. The lowest BCUT2D eigenvalue weighted by Crippen LogP contribution is -2.36. The van der Waals surface area contributed by atoms with Crippen LogP contribution in [0.25, 0.3) is 0 Å². The number of halogens is 1. The minimum atomic E-state index is -0.0566. The minimum Gasteiger partial charge on any atom is -0.489 e. The van der Waals surface area contributed by atoms with Gasteiger partial charge >= 0.3 is 0 Å². The van der Waals surface area contributed by atoms with E-state index in [2.05, 4.69) is 48.0 Å². The van der Waals surface area contributed by atoms with Crippen molar-refractivity contribution >= 4 is 29.9 Å². The van der Waals surface area contributed by atoms with E-state index < -0.39 is 0 Å². The molecule has 0 aliphatic heterocycles. The lowest BCUT2D eigenvalue weighted by molar-refractivity contribution is 0.359. The van der Waals surface area contributed by atoms with Crippen LogP contribution in [-0.2, 0) is 18.5 Å². The molecule has 0 saturated carbocycles. The first-order valence-corrected chi connectivity index (χ1v) is 9.23. The van der Waals surface area contributed by atoms with Gasteiger partial charge in [-0.1, -0.05) is 51.6 Å². The molecule has 2 rings (SSSR count). The second kappa shape index (κ2) is 11.7. The van der Waals surface area contributed by atoms with Crippen LogP contribution in [0.3, 0.4) is 0 Å². The Hall–Kier alpha value is -2.03. The predicted molar refractivity (Wildman–Crippen MR) is 124 cm³/mol.